The lowest BCUT2D eigenvalue weighted by molar-refractivity contribution is 0.619. The second kappa shape index (κ2) is 14.7. The Kier molecular flexibility index (Phi) is 8.98. The van der Waals surface area contributed by atoms with Gasteiger partial charge in [-0.2, -0.15) is 0 Å². The van der Waals surface area contributed by atoms with Crippen molar-refractivity contribution in [2.75, 3.05) is 9.80 Å². The minimum atomic E-state index is -0.583. The van der Waals surface area contributed by atoms with Gasteiger partial charge in [0.1, 0.15) is 34.9 Å². The van der Waals surface area contributed by atoms with E-state index in [4.69, 9.17) is 0 Å². The second-order valence-electron chi connectivity index (χ2n) is 14.6. The van der Waals surface area contributed by atoms with Crippen LogP contribution in [0.4, 0.5) is 60.5 Å². The number of benzene rings is 10. The Morgan fingerprint density at radius 2 is 0.583 bits per heavy atom. The van der Waals surface area contributed by atoms with Crippen LogP contribution in [0.25, 0.3) is 54.6 Å². The molecule has 2 nitrogen and oxygen atoms in total. The fraction of sp³-hybridized carbons (Fsp3) is 0. The molecule has 8 heteroatoms. The van der Waals surface area contributed by atoms with Crippen LogP contribution >= 0.6 is 0 Å². The molecule has 10 rings (SSSR count). The maximum absolute atomic E-state index is 16.0. The Balaban J connectivity index is 1.14. The smallest absolute Gasteiger partial charge is 0.147 e. The molecule has 0 aliphatic heterocycles. The van der Waals surface area contributed by atoms with E-state index < -0.39 is 34.9 Å². The van der Waals surface area contributed by atoms with E-state index in [1.807, 2.05) is 48.5 Å². The number of halogens is 6. The van der Waals surface area contributed by atoms with Gasteiger partial charge in [-0.3, -0.25) is 0 Å². The highest BCUT2D eigenvalue weighted by molar-refractivity contribution is 6.24. The highest BCUT2D eigenvalue weighted by atomic mass is 19.1. The molecule has 0 unspecified atom stereocenters. The van der Waals surface area contributed by atoms with Crippen LogP contribution in [-0.4, -0.2) is 0 Å². The van der Waals surface area contributed by atoms with E-state index in [9.17, 15) is 8.78 Å². The summed E-state index contributed by atoms with van der Waals surface area (Å²) in [6.45, 7) is 0. The van der Waals surface area contributed by atoms with Crippen molar-refractivity contribution in [2.24, 2.45) is 0 Å². The SMILES string of the molecule is Fc1ccc(-c2ccc(F)c(N(c3cc4ccc5cc(N(c6ccccc6F)c6cc(-c7ccc(F)cc7)ccc6F)cc6ccc(c3)c4c56)c3ccccc3F)c2)cc1. The van der Waals surface area contributed by atoms with Crippen molar-refractivity contribution in [3.05, 3.63) is 217 Å². The first-order valence-corrected chi connectivity index (χ1v) is 19.1. The second-order valence-corrected chi connectivity index (χ2v) is 14.6. The van der Waals surface area contributed by atoms with Crippen molar-refractivity contribution >= 4 is 66.4 Å². The van der Waals surface area contributed by atoms with E-state index >= 15 is 17.6 Å². The van der Waals surface area contributed by atoms with Crippen LogP contribution in [0.2, 0.25) is 0 Å². The number of hydrogen-bond donors (Lipinski definition) is 0. The molecule has 0 saturated carbocycles. The van der Waals surface area contributed by atoms with Gasteiger partial charge in [-0.1, -0.05) is 84.9 Å². The van der Waals surface area contributed by atoms with Crippen LogP contribution in [0, 0.1) is 34.9 Å². The van der Waals surface area contributed by atoms with Gasteiger partial charge in [-0.05, 0) is 152 Å². The molecule has 0 aromatic heterocycles. The van der Waals surface area contributed by atoms with Crippen molar-refractivity contribution in [1.29, 1.82) is 0 Å². The molecular weight excluding hydrogens is 767 g/mol. The maximum atomic E-state index is 16.0. The number of hydrogen-bond acceptors (Lipinski definition) is 2. The molecule has 60 heavy (non-hydrogen) atoms. The van der Waals surface area contributed by atoms with E-state index in [0.717, 1.165) is 32.3 Å². The van der Waals surface area contributed by atoms with E-state index in [1.54, 1.807) is 94.7 Å². The predicted molar refractivity (Wildman–Crippen MR) is 230 cm³/mol. The Bertz CT molecular complexity index is 2950. The van der Waals surface area contributed by atoms with Gasteiger partial charge in [0.05, 0.1) is 22.7 Å². The minimum Gasteiger partial charge on any atom is -0.305 e. The molecule has 0 radical (unpaired) electrons. The Morgan fingerprint density at radius 1 is 0.267 bits per heavy atom. The van der Waals surface area contributed by atoms with Gasteiger partial charge in [0.25, 0.3) is 0 Å². The molecule has 0 amide bonds. The molecule has 0 fully saturated rings. The van der Waals surface area contributed by atoms with Crippen LogP contribution in [0.15, 0.2) is 182 Å². The summed E-state index contributed by atoms with van der Waals surface area (Å²) in [5.41, 5.74) is 4.04. The first-order valence-electron chi connectivity index (χ1n) is 19.1. The van der Waals surface area contributed by atoms with E-state index in [0.29, 0.717) is 33.6 Å². The molecule has 0 aliphatic rings. The summed E-state index contributed by atoms with van der Waals surface area (Å²) < 4.78 is 91.2. The van der Waals surface area contributed by atoms with Gasteiger partial charge in [-0.15, -0.1) is 0 Å². The third-order valence-corrected chi connectivity index (χ3v) is 10.9. The molecule has 290 valence electrons. The molecule has 0 saturated heterocycles. The van der Waals surface area contributed by atoms with Gasteiger partial charge in [-0.25, -0.2) is 26.3 Å². The summed E-state index contributed by atoms with van der Waals surface area (Å²) in [5, 5.41) is 5.00. The zero-order valence-corrected chi connectivity index (χ0v) is 31.5. The third-order valence-electron chi connectivity index (χ3n) is 10.9. The first-order chi connectivity index (χ1) is 29.2. The predicted octanol–water partition coefficient (Wildman–Crippen LogP) is 15.7. The Labute approximate surface area is 340 Å². The molecule has 0 spiro atoms. The van der Waals surface area contributed by atoms with Gasteiger partial charge in [0.2, 0.25) is 0 Å². The zero-order chi connectivity index (χ0) is 41.1. The summed E-state index contributed by atoms with van der Waals surface area (Å²) in [5.74, 6) is -3.07. The average molecular weight is 797 g/mol. The summed E-state index contributed by atoms with van der Waals surface area (Å²) in [7, 11) is 0. The Morgan fingerprint density at radius 3 is 0.933 bits per heavy atom. The number of anilines is 6. The number of rotatable bonds is 8. The molecule has 0 atom stereocenters. The minimum absolute atomic E-state index is 0.100. The maximum Gasteiger partial charge on any atom is 0.147 e. The van der Waals surface area contributed by atoms with Gasteiger partial charge >= 0.3 is 0 Å². The monoisotopic (exact) mass is 796 g/mol. The van der Waals surface area contributed by atoms with E-state index in [2.05, 4.69) is 0 Å². The normalized spacial score (nSPS) is 11.5. The van der Waals surface area contributed by atoms with Crippen molar-refractivity contribution in [3.8, 4) is 22.3 Å². The van der Waals surface area contributed by atoms with Crippen molar-refractivity contribution < 1.29 is 26.3 Å². The van der Waals surface area contributed by atoms with Gasteiger partial charge in [0, 0.05) is 11.4 Å². The zero-order valence-electron chi connectivity index (χ0n) is 31.5. The first kappa shape index (κ1) is 36.7. The molecule has 10 aromatic rings. The standard InChI is InChI=1S/C52H30F6N2/c53-39-19-13-31(14-20-39)33-17-23-45(57)49(29-33)59(47-7-3-1-5-43(47)55)41-25-35-9-11-37-27-42(28-38-12-10-36(26-41)51(35)52(37)38)60(48-8-4-2-6-44(48)56)50-30-34(18-24-46(50)58)32-15-21-40(54)22-16-32/h1-30H. The quantitative estimate of drug-likeness (QED) is 0.112. The van der Waals surface area contributed by atoms with Gasteiger partial charge < -0.3 is 9.80 Å². The third kappa shape index (κ3) is 6.43. The molecule has 0 bridgehead atoms. The average Bonchev–Trinajstić information content (AvgIpc) is 3.26. The molecular formula is C52H30F6N2. The molecule has 10 aromatic carbocycles. The highest BCUT2D eigenvalue weighted by Gasteiger charge is 2.24. The highest BCUT2D eigenvalue weighted by Crippen LogP contribution is 2.46. The Hall–Kier alpha value is -7.58. The lowest BCUT2D eigenvalue weighted by Gasteiger charge is -2.28. The van der Waals surface area contributed by atoms with Crippen molar-refractivity contribution in [2.45, 2.75) is 0 Å². The van der Waals surface area contributed by atoms with Gasteiger partial charge in [0.15, 0.2) is 0 Å². The molecule has 0 heterocycles. The number of para-hydroxylation sites is 2. The summed E-state index contributed by atoms with van der Waals surface area (Å²) in [6.07, 6.45) is 0. The summed E-state index contributed by atoms with van der Waals surface area (Å²) >= 11 is 0. The van der Waals surface area contributed by atoms with E-state index in [-0.39, 0.29) is 22.7 Å². The lowest BCUT2D eigenvalue weighted by Crippen LogP contribution is -2.14. The number of nitrogens with zero attached hydrogens (tertiary/aromatic N) is 2. The lowest BCUT2D eigenvalue weighted by atomic mass is 9.92. The topological polar surface area (TPSA) is 6.48 Å². The van der Waals surface area contributed by atoms with Crippen LogP contribution in [0.3, 0.4) is 0 Å². The molecule has 0 N–H and O–H groups in total. The van der Waals surface area contributed by atoms with Crippen LogP contribution < -0.4 is 9.80 Å². The van der Waals surface area contributed by atoms with Crippen molar-refractivity contribution in [3.63, 3.8) is 0 Å². The van der Waals surface area contributed by atoms with Crippen LogP contribution in [0.1, 0.15) is 0 Å². The largest absolute Gasteiger partial charge is 0.305 e. The van der Waals surface area contributed by atoms with Crippen molar-refractivity contribution in [1.82, 2.24) is 0 Å². The molecule has 0 aliphatic carbocycles. The van der Waals surface area contributed by atoms with Crippen LogP contribution in [0.5, 0.6) is 0 Å². The summed E-state index contributed by atoms with van der Waals surface area (Å²) in [6, 6.07) is 48.4. The summed E-state index contributed by atoms with van der Waals surface area (Å²) in [4.78, 5) is 3.09. The fourth-order valence-corrected chi connectivity index (χ4v) is 8.16. The van der Waals surface area contributed by atoms with E-state index in [1.165, 1.54) is 48.5 Å². The van der Waals surface area contributed by atoms with Crippen LogP contribution in [-0.2, 0) is 0 Å². The fourth-order valence-electron chi connectivity index (χ4n) is 8.16.